The van der Waals surface area contributed by atoms with Gasteiger partial charge in [0.2, 0.25) is 0 Å². The number of hydrogen-bond acceptors (Lipinski definition) is 2. The molecule has 0 spiro atoms. The zero-order chi connectivity index (χ0) is 14.5. The third-order valence-corrected chi connectivity index (χ3v) is 4.29. The lowest BCUT2D eigenvalue weighted by Gasteiger charge is -2.07. The Kier molecular flexibility index (Phi) is 10.9. The van der Waals surface area contributed by atoms with E-state index in [1.54, 1.807) is 0 Å². The van der Waals surface area contributed by atoms with E-state index in [4.69, 9.17) is 4.74 Å². The summed E-state index contributed by atoms with van der Waals surface area (Å²) >= 11 is 0. The molecule has 0 aliphatic carbocycles. The summed E-state index contributed by atoms with van der Waals surface area (Å²) in [5.41, 5.74) is 0. The first kappa shape index (κ1) is 17.7. The summed E-state index contributed by atoms with van der Waals surface area (Å²) in [6, 6.07) is 0. The van der Waals surface area contributed by atoms with E-state index in [0.29, 0.717) is 12.2 Å². The normalized spacial score (nSPS) is 18.6. The van der Waals surface area contributed by atoms with Crippen LogP contribution < -0.4 is 0 Å². The lowest BCUT2D eigenvalue weighted by molar-refractivity contribution is -0.121. The van der Waals surface area contributed by atoms with Gasteiger partial charge in [-0.15, -0.1) is 0 Å². The number of rotatable bonds is 13. The third-order valence-electron chi connectivity index (χ3n) is 4.29. The molecule has 0 aromatic carbocycles. The maximum absolute atomic E-state index is 11.8. The highest BCUT2D eigenvalue weighted by Crippen LogP contribution is 2.17. The van der Waals surface area contributed by atoms with Crippen molar-refractivity contribution in [2.75, 3.05) is 6.61 Å². The van der Waals surface area contributed by atoms with E-state index < -0.39 is 0 Å². The molecule has 0 N–H and O–H groups in total. The van der Waals surface area contributed by atoms with E-state index in [-0.39, 0.29) is 6.10 Å². The van der Waals surface area contributed by atoms with Gasteiger partial charge >= 0.3 is 0 Å². The molecule has 0 saturated carbocycles. The molecule has 1 fully saturated rings. The van der Waals surface area contributed by atoms with E-state index >= 15 is 0 Å². The first-order chi connectivity index (χ1) is 9.83. The van der Waals surface area contributed by atoms with Gasteiger partial charge in [0.15, 0.2) is 0 Å². The van der Waals surface area contributed by atoms with Gasteiger partial charge in [0.1, 0.15) is 5.78 Å². The van der Waals surface area contributed by atoms with Gasteiger partial charge in [-0.1, -0.05) is 64.7 Å². The average molecular weight is 282 g/mol. The number of hydrogen-bond donors (Lipinski definition) is 0. The van der Waals surface area contributed by atoms with Crippen molar-refractivity contribution in [3.8, 4) is 0 Å². The predicted octanol–water partition coefficient (Wildman–Crippen LogP) is 5.44. The number of ketones is 1. The second-order valence-corrected chi connectivity index (χ2v) is 6.31. The van der Waals surface area contributed by atoms with Crippen LogP contribution in [0, 0.1) is 0 Å². The van der Waals surface area contributed by atoms with Gasteiger partial charge in [-0.05, 0) is 19.3 Å². The molecule has 1 aliphatic rings. The maximum atomic E-state index is 11.8. The van der Waals surface area contributed by atoms with Crippen molar-refractivity contribution in [2.24, 2.45) is 0 Å². The summed E-state index contributed by atoms with van der Waals surface area (Å²) in [6.45, 7) is 3.12. The number of carbonyl (C=O) groups excluding carboxylic acids is 1. The van der Waals surface area contributed by atoms with Gasteiger partial charge < -0.3 is 4.74 Å². The molecule has 1 atom stereocenters. The van der Waals surface area contributed by atoms with Crippen LogP contribution in [0.25, 0.3) is 0 Å². The minimum Gasteiger partial charge on any atom is -0.378 e. The summed E-state index contributed by atoms with van der Waals surface area (Å²) in [5.74, 6) is 0.413. The Bertz CT molecular complexity index is 232. The lowest BCUT2D eigenvalue weighted by atomic mass is 10.0. The van der Waals surface area contributed by atoms with Gasteiger partial charge in [0.25, 0.3) is 0 Å². The third kappa shape index (κ3) is 9.52. The van der Waals surface area contributed by atoms with Crippen LogP contribution in [-0.4, -0.2) is 18.5 Å². The molecule has 2 heteroatoms. The lowest BCUT2D eigenvalue weighted by Crippen LogP contribution is -2.12. The quantitative estimate of drug-likeness (QED) is 0.421. The minimum atomic E-state index is 0.241. The van der Waals surface area contributed by atoms with Crippen molar-refractivity contribution in [2.45, 2.75) is 103 Å². The molecule has 2 nitrogen and oxygen atoms in total. The second kappa shape index (κ2) is 12.4. The van der Waals surface area contributed by atoms with Crippen molar-refractivity contribution in [1.82, 2.24) is 0 Å². The van der Waals surface area contributed by atoms with Crippen LogP contribution in [-0.2, 0) is 9.53 Å². The fourth-order valence-corrected chi connectivity index (χ4v) is 2.97. The Hall–Kier alpha value is -0.370. The molecule has 0 radical (unpaired) electrons. The highest BCUT2D eigenvalue weighted by Gasteiger charge is 2.18. The van der Waals surface area contributed by atoms with Crippen LogP contribution in [0.4, 0.5) is 0 Å². The SMILES string of the molecule is CCCCCCCCCCCCC(=O)CC1CCCO1. The molecule has 1 saturated heterocycles. The highest BCUT2D eigenvalue weighted by atomic mass is 16.5. The molecular formula is C18H34O2. The Morgan fingerprint density at radius 1 is 0.950 bits per heavy atom. The van der Waals surface area contributed by atoms with Crippen molar-refractivity contribution < 1.29 is 9.53 Å². The highest BCUT2D eigenvalue weighted by molar-refractivity contribution is 5.78. The molecule has 1 heterocycles. The standard InChI is InChI=1S/C18H34O2/c1-2-3-4-5-6-7-8-9-10-11-13-17(19)16-18-14-12-15-20-18/h18H,2-16H2,1H3. The Morgan fingerprint density at radius 3 is 2.10 bits per heavy atom. The van der Waals surface area contributed by atoms with Crippen molar-refractivity contribution in [3.05, 3.63) is 0 Å². The van der Waals surface area contributed by atoms with Gasteiger partial charge in [-0.2, -0.15) is 0 Å². The smallest absolute Gasteiger partial charge is 0.135 e. The number of unbranched alkanes of at least 4 members (excludes halogenated alkanes) is 9. The monoisotopic (exact) mass is 282 g/mol. The topological polar surface area (TPSA) is 26.3 Å². The molecule has 1 rings (SSSR count). The summed E-state index contributed by atoms with van der Waals surface area (Å²) in [6.07, 6.45) is 17.2. The number of carbonyl (C=O) groups is 1. The fourth-order valence-electron chi connectivity index (χ4n) is 2.97. The Labute approximate surface area is 125 Å². The summed E-state index contributed by atoms with van der Waals surface area (Å²) in [7, 11) is 0. The van der Waals surface area contributed by atoms with Gasteiger partial charge in [0, 0.05) is 19.4 Å². The van der Waals surface area contributed by atoms with Crippen LogP contribution in [0.1, 0.15) is 96.8 Å². The van der Waals surface area contributed by atoms with Gasteiger partial charge in [-0.25, -0.2) is 0 Å². The molecule has 1 aliphatic heterocycles. The summed E-state index contributed by atoms with van der Waals surface area (Å²) in [4.78, 5) is 11.8. The zero-order valence-electron chi connectivity index (χ0n) is 13.5. The summed E-state index contributed by atoms with van der Waals surface area (Å²) < 4.78 is 5.50. The largest absolute Gasteiger partial charge is 0.378 e. The van der Waals surface area contributed by atoms with E-state index in [0.717, 1.165) is 32.3 Å². The van der Waals surface area contributed by atoms with E-state index in [2.05, 4.69) is 6.92 Å². The first-order valence-corrected chi connectivity index (χ1v) is 8.96. The number of Topliss-reactive ketones (excluding diaryl/α,β-unsaturated/α-hetero) is 1. The molecule has 20 heavy (non-hydrogen) atoms. The van der Waals surface area contributed by atoms with E-state index in [9.17, 15) is 4.79 Å². The minimum absolute atomic E-state index is 0.241. The van der Waals surface area contributed by atoms with Crippen LogP contribution in [0.3, 0.4) is 0 Å². The van der Waals surface area contributed by atoms with Crippen LogP contribution in [0.2, 0.25) is 0 Å². The maximum Gasteiger partial charge on any atom is 0.135 e. The molecule has 1 unspecified atom stereocenters. The fraction of sp³-hybridized carbons (Fsp3) is 0.944. The van der Waals surface area contributed by atoms with Crippen molar-refractivity contribution >= 4 is 5.78 Å². The average Bonchev–Trinajstić information content (AvgIpc) is 2.93. The van der Waals surface area contributed by atoms with Crippen molar-refractivity contribution in [3.63, 3.8) is 0 Å². The van der Waals surface area contributed by atoms with Crippen LogP contribution in [0.5, 0.6) is 0 Å². The van der Waals surface area contributed by atoms with Crippen molar-refractivity contribution in [1.29, 1.82) is 0 Å². The molecule has 0 bridgehead atoms. The van der Waals surface area contributed by atoms with Gasteiger partial charge in [-0.3, -0.25) is 4.79 Å². The predicted molar refractivity (Wildman–Crippen MR) is 85.1 cm³/mol. The first-order valence-electron chi connectivity index (χ1n) is 8.96. The molecule has 0 aromatic rings. The van der Waals surface area contributed by atoms with E-state index in [1.807, 2.05) is 0 Å². The van der Waals surface area contributed by atoms with Gasteiger partial charge in [0.05, 0.1) is 6.10 Å². The molecular weight excluding hydrogens is 248 g/mol. The Morgan fingerprint density at radius 2 is 1.55 bits per heavy atom. The van der Waals surface area contributed by atoms with Crippen LogP contribution in [0.15, 0.2) is 0 Å². The Balaban J connectivity index is 1.78. The zero-order valence-corrected chi connectivity index (χ0v) is 13.5. The molecule has 118 valence electrons. The van der Waals surface area contributed by atoms with Crippen LogP contribution >= 0.6 is 0 Å². The molecule has 0 aromatic heterocycles. The van der Waals surface area contributed by atoms with E-state index in [1.165, 1.54) is 57.8 Å². The number of ether oxygens (including phenoxy) is 1. The second-order valence-electron chi connectivity index (χ2n) is 6.31. The summed E-state index contributed by atoms with van der Waals surface area (Å²) in [5, 5.41) is 0. The molecule has 0 amide bonds.